The molecule has 0 aliphatic rings. The molecule has 0 aliphatic heterocycles. The molecule has 116 valence electrons. The summed E-state index contributed by atoms with van der Waals surface area (Å²) in [6.07, 6.45) is 0. The van der Waals surface area contributed by atoms with Gasteiger partial charge in [-0.1, -0.05) is 54.6 Å². The largest absolute Gasteiger partial charge is 0.336 e. The van der Waals surface area contributed by atoms with Crippen molar-refractivity contribution in [3.63, 3.8) is 0 Å². The molecule has 0 unspecified atom stereocenters. The van der Waals surface area contributed by atoms with E-state index >= 15 is 0 Å². The maximum Gasteiger partial charge on any atom is 0.219 e. The highest BCUT2D eigenvalue weighted by Gasteiger charge is 2.20. The van der Waals surface area contributed by atoms with Crippen LogP contribution in [0.1, 0.15) is 0 Å². The van der Waals surface area contributed by atoms with Gasteiger partial charge in [-0.25, -0.2) is 10.5 Å². The van der Waals surface area contributed by atoms with Gasteiger partial charge in [0.1, 0.15) is 0 Å². The van der Waals surface area contributed by atoms with E-state index in [-0.39, 0.29) is 11.5 Å². The summed E-state index contributed by atoms with van der Waals surface area (Å²) < 4.78 is 0. The van der Waals surface area contributed by atoms with Gasteiger partial charge in [-0.3, -0.25) is 0 Å². The van der Waals surface area contributed by atoms with E-state index in [9.17, 15) is 10.5 Å². The summed E-state index contributed by atoms with van der Waals surface area (Å²) in [7, 11) is 0. The molecule has 0 aliphatic carbocycles. The van der Waals surface area contributed by atoms with E-state index in [2.05, 4.69) is 21.9 Å². The van der Waals surface area contributed by atoms with Crippen LogP contribution in [-0.4, -0.2) is 10.5 Å². The molecule has 4 heteroatoms. The molecule has 2 N–H and O–H groups in total. The monoisotopic (exact) mass is 316 g/mol. The third-order valence-electron chi connectivity index (χ3n) is 4.74. The van der Waals surface area contributed by atoms with E-state index in [1.165, 1.54) is 0 Å². The minimum atomic E-state index is 0.0773. The average molecular weight is 316 g/mol. The maximum absolute atomic E-state index is 9.45. The van der Waals surface area contributed by atoms with Gasteiger partial charge in [0.05, 0.1) is 0 Å². The number of fused-ring (bicyclic) bond motifs is 3. The Labute approximate surface area is 136 Å². The first-order chi connectivity index (χ1) is 11.8. The van der Waals surface area contributed by atoms with E-state index in [1.54, 1.807) is 6.07 Å². The molecule has 24 heavy (non-hydrogen) atoms. The van der Waals surface area contributed by atoms with Crippen molar-refractivity contribution in [3.05, 3.63) is 60.7 Å². The first kappa shape index (κ1) is 13.4. The van der Waals surface area contributed by atoms with Crippen molar-refractivity contribution in [2.24, 2.45) is 0 Å². The van der Waals surface area contributed by atoms with Crippen molar-refractivity contribution < 1.29 is 20.3 Å². The molecule has 0 saturated carbocycles. The number of hydrogen-bond acceptors (Lipinski definition) is 4. The Morgan fingerprint density at radius 3 is 2.08 bits per heavy atom. The molecule has 0 saturated heterocycles. The summed E-state index contributed by atoms with van der Waals surface area (Å²) in [5.41, 5.74) is 0. The van der Waals surface area contributed by atoms with Crippen LogP contribution in [0.3, 0.4) is 0 Å². The molecule has 0 bridgehead atoms. The highest BCUT2D eigenvalue weighted by Crippen LogP contribution is 2.47. The highest BCUT2D eigenvalue weighted by molar-refractivity contribution is 6.35. The molecular formula is C20H12O4. The van der Waals surface area contributed by atoms with E-state index in [1.807, 2.05) is 42.5 Å². The van der Waals surface area contributed by atoms with Crippen molar-refractivity contribution >= 4 is 43.1 Å². The molecule has 0 fully saturated rings. The SMILES string of the molecule is OOc1cc2ccc3cccc4c5ccccc5c(c1OO)c2c34. The Hall–Kier alpha value is -3.08. The van der Waals surface area contributed by atoms with Gasteiger partial charge in [-0.15, -0.1) is 0 Å². The molecule has 0 aromatic heterocycles. The fraction of sp³-hybridized carbons (Fsp3) is 0. The molecule has 5 aromatic rings. The zero-order valence-corrected chi connectivity index (χ0v) is 12.5. The van der Waals surface area contributed by atoms with E-state index in [4.69, 9.17) is 0 Å². The molecule has 0 amide bonds. The van der Waals surface area contributed by atoms with E-state index in [0.717, 1.165) is 43.1 Å². The van der Waals surface area contributed by atoms with Crippen LogP contribution in [-0.2, 0) is 0 Å². The lowest BCUT2D eigenvalue weighted by molar-refractivity contribution is -0.162. The van der Waals surface area contributed by atoms with Gasteiger partial charge in [0.2, 0.25) is 11.5 Å². The molecule has 5 aromatic carbocycles. The summed E-state index contributed by atoms with van der Waals surface area (Å²) in [4.78, 5) is 9.07. The quantitative estimate of drug-likeness (QED) is 0.197. The first-order valence-corrected chi connectivity index (χ1v) is 7.58. The second-order valence-electron chi connectivity index (χ2n) is 5.87. The Bertz CT molecular complexity index is 1230. The van der Waals surface area contributed by atoms with Crippen LogP contribution >= 0.6 is 0 Å². The molecule has 5 rings (SSSR count). The summed E-state index contributed by atoms with van der Waals surface area (Å²) in [5, 5.41) is 26.6. The van der Waals surface area contributed by atoms with Crippen LogP contribution in [0.4, 0.5) is 0 Å². The Morgan fingerprint density at radius 1 is 0.583 bits per heavy atom. The third kappa shape index (κ3) is 1.53. The van der Waals surface area contributed by atoms with Gasteiger partial charge >= 0.3 is 0 Å². The van der Waals surface area contributed by atoms with Crippen molar-refractivity contribution in [3.8, 4) is 11.5 Å². The Morgan fingerprint density at radius 2 is 1.29 bits per heavy atom. The van der Waals surface area contributed by atoms with Gasteiger partial charge in [0, 0.05) is 10.8 Å². The normalized spacial score (nSPS) is 11.8. The van der Waals surface area contributed by atoms with Gasteiger partial charge < -0.3 is 9.78 Å². The first-order valence-electron chi connectivity index (χ1n) is 7.58. The zero-order chi connectivity index (χ0) is 16.3. The minimum absolute atomic E-state index is 0.0773. The van der Waals surface area contributed by atoms with Crippen LogP contribution in [0.15, 0.2) is 60.7 Å². The van der Waals surface area contributed by atoms with Gasteiger partial charge in [-0.2, -0.15) is 0 Å². The van der Waals surface area contributed by atoms with E-state index in [0.29, 0.717) is 0 Å². The molecule has 0 radical (unpaired) electrons. The summed E-state index contributed by atoms with van der Waals surface area (Å²) in [6.45, 7) is 0. The zero-order valence-electron chi connectivity index (χ0n) is 12.5. The fourth-order valence-corrected chi connectivity index (χ4v) is 3.80. The topological polar surface area (TPSA) is 58.9 Å². The van der Waals surface area contributed by atoms with Crippen molar-refractivity contribution in [1.82, 2.24) is 0 Å². The molecule has 0 spiro atoms. The molecule has 0 heterocycles. The molecule has 4 nitrogen and oxygen atoms in total. The van der Waals surface area contributed by atoms with Crippen molar-refractivity contribution in [2.75, 3.05) is 0 Å². The Balaban J connectivity index is 2.25. The van der Waals surface area contributed by atoms with Crippen molar-refractivity contribution in [1.29, 1.82) is 0 Å². The van der Waals surface area contributed by atoms with Crippen molar-refractivity contribution in [2.45, 2.75) is 0 Å². The highest BCUT2D eigenvalue weighted by atomic mass is 17.1. The second kappa shape index (κ2) is 4.71. The van der Waals surface area contributed by atoms with Gasteiger partial charge in [-0.05, 0) is 38.4 Å². The average Bonchev–Trinajstić information content (AvgIpc) is 2.65. The van der Waals surface area contributed by atoms with Gasteiger partial charge in [0.15, 0.2) is 0 Å². The fourth-order valence-electron chi connectivity index (χ4n) is 3.80. The minimum Gasteiger partial charge on any atom is -0.336 e. The maximum atomic E-state index is 9.45. The summed E-state index contributed by atoms with van der Waals surface area (Å²) >= 11 is 0. The smallest absolute Gasteiger partial charge is 0.219 e. The standard InChI is InChI=1S/C20H12O4/c21-23-16-10-12-9-8-11-4-3-7-14-13-5-1-2-6-15(13)19(20(16)24-22)18(12)17(11)14/h1-10,21-22H. The van der Waals surface area contributed by atoms with Gasteiger partial charge in [0.25, 0.3) is 0 Å². The lowest BCUT2D eigenvalue weighted by Crippen LogP contribution is -1.95. The lowest BCUT2D eigenvalue weighted by atomic mass is 9.89. The lowest BCUT2D eigenvalue weighted by Gasteiger charge is -2.17. The van der Waals surface area contributed by atoms with E-state index < -0.39 is 0 Å². The third-order valence-corrected chi connectivity index (χ3v) is 4.74. The second-order valence-corrected chi connectivity index (χ2v) is 5.87. The van der Waals surface area contributed by atoms with Crippen LogP contribution in [0.2, 0.25) is 0 Å². The summed E-state index contributed by atoms with van der Waals surface area (Å²) in [5.74, 6) is 0.188. The number of hydrogen-bond donors (Lipinski definition) is 2. The van der Waals surface area contributed by atoms with Crippen LogP contribution in [0.25, 0.3) is 43.1 Å². The predicted molar refractivity (Wildman–Crippen MR) is 94.2 cm³/mol. The summed E-state index contributed by atoms with van der Waals surface area (Å²) in [6, 6.07) is 19.8. The Kier molecular flexibility index (Phi) is 2.62. The van der Waals surface area contributed by atoms with Crippen LogP contribution < -0.4 is 9.78 Å². The molecule has 0 atom stereocenters. The number of rotatable bonds is 2. The van der Waals surface area contributed by atoms with Crippen LogP contribution in [0, 0.1) is 0 Å². The molecular weight excluding hydrogens is 304 g/mol. The predicted octanol–water partition coefficient (Wildman–Crippen LogP) is 5.44. The van der Waals surface area contributed by atoms with Crippen LogP contribution in [0.5, 0.6) is 11.5 Å². The number of benzene rings is 5.